The van der Waals surface area contributed by atoms with Crippen LogP contribution in [0.15, 0.2) is 11.1 Å². The van der Waals surface area contributed by atoms with Crippen LogP contribution in [0, 0.1) is 11.3 Å². The van der Waals surface area contributed by atoms with E-state index in [-0.39, 0.29) is 5.41 Å². The lowest BCUT2D eigenvalue weighted by molar-refractivity contribution is -0.141. The molecule has 1 aromatic heterocycles. The summed E-state index contributed by atoms with van der Waals surface area (Å²) in [4.78, 5) is 2.38. The second kappa shape index (κ2) is 6.68. The largest absolute Gasteiger partial charge is 0.435 e. The molecule has 3 aliphatic heterocycles. The number of ether oxygens (including phenoxy) is 1. The van der Waals surface area contributed by atoms with Gasteiger partial charge in [0, 0.05) is 64.0 Å². The third-order valence-corrected chi connectivity index (χ3v) is 8.20. The van der Waals surface area contributed by atoms with E-state index in [1.54, 1.807) is 0 Å². The molecular formula is C17H25F3N4O3S. The lowest BCUT2D eigenvalue weighted by Crippen LogP contribution is -2.74. The molecule has 1 aromatic rings. The van der Waals surface area contributed by atoms with Crippen LogP contribution in [0.1, 0.15) is 25.5 Å². The predicted octanol–water partition coefficient (Wildman–Crippen LogP) is 1.56. The number of aromatic nitrogens is 2. The van der Waals surface area contributed by atoms with Crippen molar-refractivity contribution in [3.63, 3.8) is 0 Å². The minimum Gasteiger partial charge on any atom is -0.381 e. The van der Waals surface area contributed by atoms with Crippen molar-refractivity contribution >= 4 is 10.0 Å². The molecule has 0 bridgehead atoms. The molecule has 3 aliphatic rings. The van der Waals surface area contributed by atoms with Crippen LogP contribution in [0.3, 0.4) is 0 Å². The monoisotopic (exact) mass is 422 g/mol. The lowest BCUT2D eigenvalue weighted by atomic mass is 9.72. The SMILES string of the molecule is C[C@@H](C1CCOCC1)N1CC2(C1)CN(S(=O)(=O)c1cc(C(F)(F)F)nn1C)C2. The molecule has 0 radical (unpaired) electrons. The fraction of sp³-hybridized carbons (Fsp3) is 0.824. The van der Waals surface area contributed by atoms with Gasteiger partial charge in [-0.25, -0.2) is 8.42 Å². The summed E-state index contributed by atoms with van der Waals surface area (Å²) in [6, 6.07) is 1.05. The van der Waals surface area contributed by atoms with Gasteiger partial charge in [0.1, 0.15) is 0 Å². The Hall–Kier alpha value is -1.17. The van der Waals surface area contributed by atoms with E-state index in [2.05, 4.69) is 16.9 Å². The van der Waals surface area contributed by atoms with Crippen LogP contribution in [0.5, 0.6) is 0 Å². The van der Waals surface area contributed by atoms with Crippen LogP contribution >= 0.6 is 0 Å². The Morgan fingerprint density at radius 1 is 1.21 bits per heavy atom. The summed E-state index contributed by atoms with van der Waals surface area (Å²) in [7, 11) is -2.76. The van der Waals surface area contributed by atoms with Crippen LogP contribution in [0.2, 0.25) is 0 Å². The van der Waals surface area contributed by atoms with Crippen molar-refractivity contribution in [3.05, 3.63) is 11.8 Å². The van der Waals surface area contributed by atoms with Crippen molar-refractivity contribution in [2.75, 3.05) is 39.4 Å². The molecule has 3 saturated heterocycles. The van der Waals surface area contributed by atoms with Gasteiger partial charge >= 0.3 is 6.18 Å². The number of halogens is 3. The van der Waals surface area contributed by atoms with E-state index >= 15 is 0 Å². The Kier molecular flexibility index (Phi) is 4.80. The average molecular weight is 422 g/mol. The molecule has 11 heteroatoms. The Morgan fingerprint density at radius 2 is 1.82 bits per heavy atom. The highest BCUT2D eigenvalue weighted by Crippen LogP contribution is 2.44. The molecule has 0 aromatic carbocycles. The summed E-state index contributed by atoms with van der Waals surface area (Å²) >= 11 is 0. The Labute approximate surface area is 162 Å². The first-order chi connectivity index (χ1) is 13.0. The molecular weight excluding hydrogens is 397 g/mol. The van der Waals surface area contributed by atoms with Gasteiger partial charge in [-0.15, -0.1) is 0 Å². The molecule has 4 rings (SSSR count). The number of nitrogens with zero attached hydrogens (tertiary/aromatic N) is 4. The van der Waals surface area contributed by atoms with E-state index in [4.69, 9.17) is 4.74 Å². The van der Waals surface area contributed by atoms with Crippen LogP contribution in [0.4, 0.5) is 13.2 Å². The molecule has 0 unspecified atom stereocenters. The highest BCUT2D eigenvalue weighted by Gasteiger charge is 2.56. The Balaban J connectivity index is 1.37. The second-order valence-corrected chi connectivity index (χ2v) is 10.2. The van der Waals surface area contributed by atoms with E-state index in [1.165, 1.54) is 11.4 Å². The minimum absolute atomic E-state index is 0.0715. The van der Waals surface area contributed by atoms with Gasteiger partial charge in [-0.2, -0.15) is 22.6 Å². The topological polar surface area (TPSA) is 67.7 Å². The standard InChI is InChI=1S/C17H25F3N4O3S/c1-12(13-3-5-27-6-4-13)23-8-16(9-23)10-24(11-16)28(25,26)15-7-14(17(18,19)20)21-22(15)2/h7,12-13H,3-6,8-11H2,1-2H3/t12-/m0/s1. The summed E-state index contributed by atoms with van der Waals surface area (Å²) in [6.07, 6.45) is -2.57. The van der Waals surface area contributed by atoms with Crippen molar-refractivity contribution in [1.29, 1.82) is 0 Å². The normalized spacial score (nSPS) is 25.5. The van der Waals surface area contributed by atoms with E-state index < -0.39 is 26.9 Å². The fourth-order valence-electron chi connectivity index (χ4n) is 4.63. The average Bonchev–Trinajstić information content (AvgIpc) is 2.95. The highest BCUT2D eigenvalue weighted by molar-refractivity contribution is 7.89. The molecule has 3 fully saturated rings. The second-order valence-electron chi connectivity index (χ2n) is 8.36. The fourth-order valence-corrected chi connectivity index (χ4v) is 6.42. The number of alkyl halides is 3. The van der Waals surface area contributed by atoms with Crippen molar-refractivity contribution in [1.82, 2.24) is 19.0 Å². The molecule has 158 valence electrons. The van der Waals surface area contributed by atoms with Crippen LogP contribution in [0.25, 0.3) is 0 Å². The van der Waals surface area contributed by atoms with E-state index in [0.717, 1.165) is 43.8 Å². The summed E-state index contributed by atoms with van der Waals surface area (Å²) in [6.45, 7) is 6.16. The molecule has 1 atom stereocenters. The van der Waals surface area contributed by atoms with Gasteiger partial charge in [0.05, 0.1) is 0 Å². The smallest absolute Gasteiger partial charge is 0.381 e. The maximum atomic E-state index is 12.8. The molecule has 0 amide bonds. The minimum atomic E-state index is -4.67. The van der Waals surface area contributed by atoms with Crippen LogP contribution in [-0.4, -0.2) is 72.8 Å². The van der Waals surface area contributed by atoms with E-state index in [1.807, 2.05) is 0 Å². The summed E-state index contributed by atoms with van der Waals surface area (Å²) in [5.41, 5.74) is -1.26. The first-order valence-electron chi connectivity index (χ1n) is 9.45. The maximum Gasteiger partial charge on any atom is 0.435 e. The van der Waals surface area contributed by atoms with Gasteiger partial charge in [-0.1, -0.05) is 0 Å². The molecule has 0 N–H and O–H groups in total. The van der Waals surface area contributed by atoms with Gasteiger partial charge in [-0.3, -0.25) is 9.58 Å². The number of hydrogen-bond donors (Lipinski definition) is 0. The quantitative estimate of drug-likeness (QED) is 0.737. The maximum absolute atomic E-state index is 12.8. The molecule has 1 spiro atoms. The number of aryl methyl sites for hydroxylation is 1. The number of rotatable bonds is 4. The predicted molar refractivity (Wildman–Crippen MR) is 94.0 cm³/mol. The van der Waals surface area contributed by atoms with Gasteiger partial charge in [0.2, 0.25) is 0 Å². The van der Waals surface area contributed by atoms with Crippen molar-refractivity contribution < 1.29 is 26.3 Å². The van der Waals surface area contributed by atoms with Crippen LogP contribution in [-0.2, 0) is 28.0 Å². The van der Waals surface area contributed by atoms with Gasteiger partial charge in [0.25, 0.3) is 10.0 Å². The molecule has 0 aliphatic carbocycles. The van der Waals surface area contributed by atoms with E-state index in [0.29, 0.717) is 31.1 Å². The van der Waals surface area contributed by atoms with Gasteiger partial charge in [-0.05, 0) is 25.7 Å². The molecule has 7 nitrogen and oxygen atoms in total. The van der Waals surface area contributed by atoms with Crippen molar-refractivity contribution in [3.8, 4) is 0 Å². The molecule has 0 saturated carbocycles. The summed E-state index contributed by atoms with van der Waals surface area (Å²) in [5, 5.41) is 2.90. The van der Waals surface area contributed by atoms with E-state index in [9.17, 15) is 21.6 Å². The van der Waals surface area contributed by atoms with Gasteiger partial charge < -0.3 is 4.74 Å². The molecule has 4 heterocycles. The third-order valence-electron chi connectivity index (χ3n) is 6.36. The Bertz CT molecular complexity index is 834. The number of sulfonamides is 1. The first kappa shape index (κ1) is 20.1. The number of hydrogen-bond acceptors (Lipinski definition) is 5. The van der Waals surface area contributed by atoms with Crippen LogP contribution < -0.4 is 0 Å². The van der Waals surface area contributed by atoms with Crippen molar-refractivity contribution in [2.45, 2.75) is 37.0 Å². The molecule has 28 heavy (non-hydrogen) atoms. The summed E-state index contributed by atoms with van der Waals surface area (Å²) in [5.74, 6) is 0.598. The number of likely N-dealkylation sites (tertiary alicyclic amines) is 1. The zero-order valence-electron chi connectivity index (χ0n) is 15.9. The zero-order valence-corrected chi connectivity index (χ0v) is 16.8. The lowest BCUT2D eigenvalue weighted by Gasteiger charge is -2.61. The Morgan fingerprint density at radius 3 is 2.36 bits per heavy atom. The first-order valence-corrected chi connectivity index (χ1v) is 10.9. The third kappa shape index (κ3) is 3.35. The van der Waals surface area contributed by atoms with Crippen molar-refractivity contribution in [2.24, 2.45) is 18.4 Å². The summed E-state index contributed by atoms with van der Waals surface area (Å²) < 4.78 is 71.4. The highest BCUT2D eigenvalue weighted by atomic mass is 32.2. The zero-order chi connectivity index (χ0) is 20.3. The van der Waals surface area contributed by atoms with Gasteiger partial charge in [0.15, 0.2) is 10.7 Å².